The molecule has 0 amide bonds. The topological polar surface area (TPSA) is 64.3 Å². The minimum Gasteiger partial charge on any atom is -0.465 e. The van der Waals surface area contributed by atoms with E-state index in [9.17, 15) is 4.79 Å². The number of carbonyl (C=O) groups excluding carboxylic acids is 1. The third-order valence-electron chi connectivity index (χ3n) is 1.84. The minimum absolute atomic E-state index is 0.236. The van der Waals surface area contributed by atoms with Crippen LogP contribution < -0.4 is 11.3 Å². The zero-order valence-corrected chi connectivity index (χ0v) is 8.47. The van der Waals surface area contributed by atoms with E-state index >= 15 is 0 Å². The van der Waals surface area contributed by atoms with Gasteiger partial charge in [0.25, 0.3) is 0 Å². The quantitative estimate of drug-likeness (QED) is 0.346. The van der Waals surface area contributed by atoms with Crippen molar-refractivity contribution in [1.29, 1.82) is 0 Å². The van der Waals surface area contributed by atoms with Crippen LogP contribution in [-0.4, -0.2) is 13.1 Å². The van der Waals surface area contributed by atoms with Gasteiger partial charge in [-0.05, 0) is 11.6 Å². The summed E-state index contributed by atoms with van der Waals surface area (Å²) in [5, 5.41) is 0. The fourth-order valence-electron chi connectivity index (χ4n) is 1.17. The molecule has 76 valence electrons. The van der Waals surface area contributed by atoms with Crippen LogP contribution in [0.15, 0.2) is 18.2 Å². The lowest BCUT2D eigenvalue weighted by Gasteiger charge is -2.10. The molecule has 0 aromatic heterocycles. The van der Waals surface area contributed by atoms with E-state index in [1.165, 1.54) is 7.11 Å². The van der Waals surface area contributed by atoms with Gasteiger partial charge in [-0.25, -0.2) is 4.79 Å². The summed E-state index contributed by atoms with van der Waals surface area (Å²) >= 11 is 5.69. The predicted octanol–water partition coefficient (Wildman–Crippen LogP) is 1.50. The molecule has 0 bridgehead atoms. The van der Waals surface area contributed by atoms with Crippen LogP contribution in [-0.2, 0) is 10.6 Å². The molecule has 1 aromatic carbocycles. The van der Waals surface area contributed by atoms with Crippen molar-refractivity contribution in [3.8, 4) is 0 Å². The molecule has 1 aromatic rings. The van der Waals surface area contributed by atoms with Gasteiger partial charge in [-0.2, -0.15) is 0 Å². The van der Waals surface area contributed by atoms with Gasteiger partial charge >= 0.3 is 5.97 Å². The van der Waals surface area contributed by atoms with Crippen LogP contribution in [0.1, 0.15) is 15.9 Å². The van der Waals surface area contributed by atoms with Gasteiger partial charge in [0.1, 0.15) is 0 Å². The molecule has 1 rings (SSSR count). The van der Waals surface area contributed by atoms with E-state index < -0.39 is 5.97 Å². The first kappa shape index (κ1) is 10.8. The fourth-order valence-corrected chi connectivity index (χ4v) is 1.40. The zero-order chi connectivity index (χ0) is 10.6. The Bertz CT molecular complexity index is 319. The lowest BCUT2D eigenvalue weighted by Crippen LogP contribution is -2.14. The Kier molecular flexibility index (Phi) is 3.73. The van der Waals surface area contributed by atoms with Crippen LogP contribution in [0.3, 0.4) is 0 Å². The summed E-state index contributed by atoms with van der Waals surface area (Å²) < 4.78 is 4.63. The average molecular weight is 215 g/mol. The summed E-state index contributed by atoms with van der Waals surface area (Å²) in [7, 11) is 1.31. The second-order valence-electron chi connectivity index (χ2n) is 2.61. The molecule has 0 atom stereocenters. The first-order valence-corrected chi connectivity index (χ1v) is 4.50. The lowest BCUT2D eigenvalue weighted by molar-refractivity contribution is 0.0601. The van der Waals surface area contributed by atoms with Crippen LogP contribution >= 0.6 is 11.6 Å². The molecule has 0 heterocycles. The second kappa shape index (κ2) is 4.83. The Labute approximate surface area is 87.0 Å². The zero-order valence-electron chi connectivity index (χ0n) is 7.71. The van der Waals surface area contributed by atoms with Crippen LogP contribution in [0.5, 0.6) is 0 Å². The molecule has 0 radical (unpaired) electrons. The van der Waals surface area contributed by atoms with Crippen LogP contribution in [0.25, 0.3) is 0 Å². The summed E-state index contributed by atoms with van der Waals surface area (Å²) in [5.41, 5.74) is 4.01. The standard InChI is InChI=1S/C9H11ClN2O2/c1-14-9(13)8-6(5-10)3-2-4-7(8)12-11/h2-4,12H,5,11H2,1H3. The minimum atomic E-state index is -0.450. The van der Waals surface area contributed by atoms with Crippen molar-refractivity contribution < 1.29 is 9.53 Å². The number of nitrogen functional groups attached to an aromatic ring is 1. The lowest BCUT2D eigenvalue weighted by atomic mass is 10.1. The van der Waals surface area contributed by atoms with Gasteiger partial charge < -0.3 is 10.2 Å². The van der Waals surface area contributed by atoms with Gasteiger partial charge in [-0.3, -0.25) is 5.84 Å². The smallest absolute Gasteiger partial charge is 0.340 e. The third kappa shape index (κ3) is 1.97. The van der Waals surface area contributed by atoms with Crippen molar-refractivity contribution in [3.05, 3.63) is 29.3 Å². The first-order chi connectivity index (χ1) is 6.74. The normalized spacial score (nSPS) is 9.64. The number of alkyl halides is 1. The maximum Gasteiger partial charge on any atom is 0.340 e. The van der Waals surface area contributed by atoms with Crippen molar-refractivity contribution in [2.45, 2.75) is 5.88 Å². The average Bonchev–Trinajstić information content (AvgIpc) is 2.26. The molecule has 14 heavy (non-hydrogen) atoms. The summed E-state index contributed by atoms with van der Waals surface area (Å²) in [5.74, 6) is 5.05. The van der Waals surface area contributed by atoms with Gasteiger partial charge in [0, 0.05) is 5.88 Å². The molecular formula is C9H11ClN2O2. The van der Waals surface area contributed by atoms with Crippen LogP contribution in [0, 0.1) is 0 Å². The van der Waals surface area contributed by atoms with Gasteiger partial charge in [0.05, 0.1) is 18.4 Å². The highest BCUT2D eigenvalue weighted by Crippen LogP contribution is 2.21. The highest BCUT2D eigenvalue weighted by Gasteiger charge is 2.15. The second-order valence-corrected chi connectivity index (χ2v) is 2.88. The van der Waals surface area contributed by atoms with Crippen LogP contribution in [0.4, 0.5) is 5.69 Å². The number of esters is 1. The number of anilines is 1. The summed E-state index contributed by atoms with van der Waals surface area (Å²) in [6.45, 7) is 0. The van der Waals surface area contributed by atoms with E-state index in [0.29, 0.717) is 16.8 Å². The van der Waals surface area contributed by atoms with E-state index in [0.717, 1.165) is 0 Å². The monoisotopic (exact) mass is 214 g/mol. The molecule has 0 aliphatic rings. The Balaban J connectivity index is 3.25. The molecule has 4 nitrogen and oxygen atoms in total. The molecule has 0 unspecified atom stereocenters. The van der Waals surface area contributed by atoms with E-state index in [1.807, 2.05) is 0 Å². The van der Waals surface area contributed by atoms with E-state index in [2.05, 4.69) is 10.2 Å². The van der Waals surface area contributed by atoms with Crippen molar-refractivity contribution in [1.82, 2.24) is 0 Å². The number of ether oxygens (including phenoxy) is 1. The molecule has 0 saturated carbocycles. The SMILES string of the molecule is COC(=O)c1c(CCl)cccc1NN. The van der Waals surface area contributed by atoms with Gasteiger partial charge in [-0.1, -0.05) is 12.1 Å². The molecule has 0 aliphatic heterocycles. The Morgan fingerprint density at radius 2 is 2.36 bits per heavy atom. The maximum absolute atomic E-state index is 11.4. The van der Waals surface area contributed by atoms with Gasteiger partial charge in [-0.15, -0.1) is 11.6 Å². The number of hydrazine groups is 1. The van der Waals surface area contributed by atoms with Crippen molar-refractivity contribution in [2.24, 2.45) is 5.84 Å². The molecule has 0 aliphatic carbocycles. The van der Waals surface area contributed by atoms with E-state index in [-0.39, 0.29) is 5.88 Å². The van der Waals surface area contributed by atoms with Gasteiger partial charge in [0.15, 0.2) is 0 Å². The van der Waals surface area contributed by atoms with Crippen molar-refractivity contribution in [2.75, 3.05) is 12.5 Å². The van der Waals surface area contributed by atoms with Crippen molar-refractivity contribution in [3.63, 3.8) is 0 Å². The Morgan fingerprint density at radius 1 is 1.64 bits per heavy atom. The molecule has 0 spiro atoms. The predicted molar refractivity (Wildman–Crippen MR) is 55.1 cm³/mol. The third-order valence-corrected chi connectivity index (χ3v) is 2.13. The number of carbonyl (C=O) groups is 1. The molecule has 5 heteroatoms. The molecular weight excluding hydrogens is 204 g/mol. The molecule has 0 saturated heterocycles. The summed E-state index contributed by atoms with van der Waals surface area (Å²) in [4.78, 5) is 11.4. The van der Waals surface area contributed by atoms with Crippen molar-refractivity contribution >= 4 is 23.3 Å². The summed E-state index contributed by atoms with van der Waals surface area (Å²) in [6.07, 6.45) is 0. The fraction of sp³-hybridized carbons (Fsp3) is 0.222. The van der Waals surface area contributed by atoms with E-state index in [1.54, 1.807) is 18.2 Å². The number of methoxy groups -OCH3 is 1. The number of hydrogen-bond acceptors (Lipinski definition) is 4. The highest BCUT2D eigenvalue weighted by molar-refractivity contribution is 6.18. The number of rotatable bonds is 3. The summed E-state index contributed by atoms with van der Waals surface area (Å²) in [6, 6.07) is 5.20. The number of benzene rings is 1. The maximum atomic E-state index is 11.4. The Morgan fingerprint density at radius 3 is 2.86 bits per heavy atom. The molecule has 3 N–H and O–H groups in total. The molecule has 0 fully saturated rings. The highest BCUT2D eigenvalue weighted by atomic mass is 35.5. The number of hydrogen-bond donors (Lipinski definition) is 2. The number of halogens is 1. The number of nitrogens with two attached hydrogens (primary N) is 1. The largest absolute Gasteiger partial charge is 0.465 e. The Hall–Kier alpha value is -1.26. The van der Waals surface area contributed by atoms with E-state index in [4.69, 9.17) is 17.4 Å². The number of nitrogens with one attached hydrogen (secondary N) is 1. The first-order valence-electron chi connectivity index (χ1n) is 3.97. The van der Waals surface area contributed by atoms with Crippen LogP contribution in [0.2, 0.25) is 0 Å². The van der Waals surface area contributed by atoms with Gasteiger partial charge in [0.2, 0.25) is 0 Å².